The van der Waals surface area contributed by atoms with Crippen LogP contribution in [0.25, 0.3) is 16.6 Å². The van der Waals surface area contributed by atoms with Gasteiger partial charge in [-0.2, -0.15) is 4.98 Å². The Hall–Kier alpha value is -3.77. The minimum Gasteiger partial charge on any atom is -0.369 e. The molecule has 1 aliphatic heterocycles. The van der Waals surface area contributed by atoms with E-state index >= 15 is 0 Å². The number of anilines is 1. The van der Waals surface area contributed by atoms with Crippen LogP contribution in [0.1, 0.15) is 36.8 Å². The fourth-order valence-corrected chi connectivity index (χ4v) is 7.55. The van der Waals surface area contributed by atoms with E-state index in [1.807, 2.05) is 19.1 Å². The number of rotatable bonds is 7. The minimum absolute atomic E-state index is 0.0342. The summed E-state index contributed by atoms with van der Waals surface area (Å²) in [5.74, 6) is 0.701. The van der Waals surface area contributed by atoms with Crippen LogP contribution in [0, 0.1) is 19.8 Å². The van der Waals surface area contributed by atoms with Crippen LogP contribution < -0.4 is 15.8 Å². The van der Waals surface area contributed by atoms with Crippen molar-refractivity contribution in [2.45, 2.75) is 49.5 Å². The summed E-state index contributed by atoms with van der Waals surface area (Å²) in [6.07, 6.45) is 4.95. The largest absolute Gasteiger partial charge is 0.369 e. The summed E-state index contributed by atoms with van der Waals surface area (Å²) in [7, 11) is -4.02. The molecular weight excluding hydrogens is 542 g/mol. The van der Waals surface area contributed by atoms with Crippen LogP contribution in [0.4, 0.5) is 5.69 Å². The molecule has 41 heavy (non-hydrogen) atoms. The Morgan fingerprint density at radius 3 is 2.54 bits per heavy atom. The van der Waals surface area contributed by atoms with E-state index < -0.39 is 15.4 Å². The molecule has 2 aromatic carbocycles. The predicted molar refractivity (Wildman–Crippen MR) is 156 cm³/mol. The number of aromatic amines is 1. The van der Waals surface area contributed by atoms with E-state index in [2.05, 4.69) is 30.4 Å². The molecule has 2 aliphatic rings. The molecule has 216 valence electrons. The van der Waals surface area contributed by atoms with Crippen LogP contribution in [0.15, 0.2) is 51.1 Å². The van der Waals surface area contributed by atoms with Gasteiger partial charge in [-0.3, -0.25) is 14.5 Å². The molecule has 0 radical (unpaired) electrons. The van der Waals surface area contributed by atoms with Crippen LogP contribution in [0.5, 0.6) is 0 Å². The molecule has 2 aromatic heterocycles. The summed E-state index contributed by atoms with van der Waals surface area (Å²) in [4.78, 5) is 34.0. The molecule has 1 saturated carbocycles. The third-order valence-corrected chi connectivity index (χ3v) is 10.2. The fourth-order valence-electron chi connectivity index (χ4n) is 6.07. The van der Waals surface area contributed by atoms with Crippen molar-refractivity contribution in [3.63, 3.8) is 0 Å². The highest BCUT2D eigenvalue weighted by molar-refractivity contribution is 7.91. The molecule has 0 bridgehead atoms. The number of amides is 1. The number of aryl methyl sites for hydroxylation is 2. The number of hydrogen-bond donors (Lipinski definition) is 2. The third-order valence-electron chi connectivity index (χ3n) is 8.36. The molecule has 1 saturated heterocycles. The van der Waals surface area contributed by atoms with Gasteiger partial charge in [0.25, 0.3) is 5.56 Å². The average Bonchev–Trinajstić information content (AvgIpc) is 3.63. The normalized spacial score (nSPS) is 17.1. The SMILES string of the molecule is Cc1ccc(S(=O)(=O)c2n[nH]n3c2nc(=O)c2ccc(N4CCN(CC(=O)NCC5CCCC5)CC4)cc23)c(C)c1. The van der Waals surface area contributed by atoms with Crippen LogP contribution in [-0.4, -0.2) is 78.3 Å². The summed E-state index contributed by atoms with van der Waals surface area (Å²) in [6.45, 7) is 7.72. The Morgan fingerprint density at radius 2 is 1.80 bits per heavy atom. The first-order chi connectivity index (χ1) is 19.7. The number of aromatic nitrogens is 4. The maximum absolute atomic E-state index is 13.5. The Morgan fingerprint density at radius 1 is 1.05 bits per heavy atom. The quantitative estimate of drug-likeness (QED) is 0.342. The fraction of sp³-hybridized carbons (Fsp3) is 0.448. The second-order valence-corrected chi connectivity index (χ2v) is 13.1. The molecule has 12 heteroatoms. The molecule has 2 N–H and O–H groups in total. The summed E-state index contributed by atoms with van der Waals surface area (Å²) < 4.78 is 28.5. The van der Waals surface area contributed by atoms with E-state index in [1.54, 1.807) is 31.2 Å². The molecular formula is C29H35N7O4S. The van der Waals surface area contributed by atoms with Gasteiger partial charge in [-0.15, -0.1) is 5.10 Å². The van der Waals surface area contributed by atoms with Crippen LogP contribution >= 0.6 is 0 Å². The number of carbonyl (C=O) groups excluding carboxylic acids is 1. The standard InChI is InChI=1S/C29H35N7O4S/c1-19-7-10-25(20(2)15-19)41(39,40)29-27-31-28(38)23-9-8-22(16-24(23)36(27)33-32-29)35-13-11-34(12-14-35)18-26(37)30-17-21-5-3-4-6-21/h7-10,15-16,21,33H,3-6,11-14,17-18H2,1-2H3,(H,30,37). The maximum Gasteiger partial charge on any atom is 0.281 e. The molecule has 0 spiro atoms. The Kier molecular flexibility index (Phi) is 7.28. The van der Waals surface area contributed by atoms with Crippen molar-refractivity contribution in [3.8, 4) is 0 Å². The highest BCUT2D eigenvalue weighted by Gasteiger charge is 2.28. The lowest BCUT2D eigenvalue weighted by molar-refractivity contribution is -0.122. The number of benzene rings is 2. The molecule has 0 unspecified atom stereocenters. The smallest absolute Gasteiger partial charge is 0.281 e. The lowest BCUT2D eigenvalue weighted by Crippen LogP contribution is -2.49. The number of piperazine rings is 1. The highest BCUT2D eigenvalue weighted by Crippen LogP contribution is 2.28. The van der Waals surface area contributed by atoms with Gasteiger partial charge in [0.05, 0.1) is 22.3 Å². The zero-order valence-electron chi connectivity index (χ0n) is 23.4. The van der Waals surface area contributed by atoms with Gasteiger partial charge < -0.3 is 10.2 Å². The predicted octanol–water partition coefficient (Wildman–Crippen LogP) is 2.45. The number of fused-ring (bicyclic) bond motifs is 3. The van der Waals surface area contributed by atoms with Crippen molar-refractivity contribution in [2.24, 2.45) is 5.92 Å². The van der Waals surface area contributed by atoms with Crippen molar-refractivity contribution in [1.29, 1.82) is 0 Å². The zero-order chi connectivity index (χ0) is 28.7. The molecule has 2 fully saturated rings. The minimum atomic E-state index is -4.02. The summed E-state index contributed by atoms with van der Waals surface area (Å²) in [5, 5.41) is 10.1. The molecule has 6 rings (SSSR count). The molecule has 11 nitrogen and oxygen atoms in total. The molecule has 3 heterocycles. The van der Waals surface area contributed by atoms with Crippen LogP contribution in [-0.2, 0) is 14.6 Å². The van der Waals surface area contributed by atoms with Gasteiger partial charge in [-0.25, -0.2) is 18.1 Å². The van der Waals surface area contributed by atoms with E-state index in [0.717, 1.165) is 44.0 Å². The highest BCUT2D eigenvalue weighted by atomic mass is 32.2. The van der Waals surface area contributed by atoms with Crippen LogP contribution in [0.2, 0.25) is 0 Å². The number of nitrogens with one attached hydrogen (secondary N) is 2. The lowest BCUT2D eigenvalue weighted by atomic mass is 10.1. The maximum atomic E-state index is 13.5. The second-order valence-electron chi connectivity index (χ2n) is 11.3. The number of sulfone groups is 1. The average molecular weight is 578 g/mol. The van der Waals surface area contributed by atoms with Gasteiger partial charge in [-0.05, 0) is 62.4 Å². The summed E-state index contributed by atoms with van der Waals surface area (Å²) in [5.41, 5.74) is 2.40. The Bertz CT molecular complexity index is 1780. The molecule has 4 aromatic rings. The number of carbonyl (C=O) groups is 1. The zero-order valence-corrected chi connectivity index (χ0v) is 24.2. The summed E-state index contributed by atoms with van der Waals surface area (Å²) in [6, 6.07) is 10.5. The topological polar surface area (TPSA) is 133 Å². The van der Waals surface area contributed by atoms with E-state index in [4.69, 9.17) is 0 Å². The van der Waals surface area contributed by atoms with E-state index in [1.165, 1.54) is 30.2 Å². The summed E-state index contributed by atoms with van der Waals surface area (Å²) >= 11 is 0. The number of H-pyrrole nitrogens is 1. The van der Waals surface area contributed by atoms with Crippen molar-refractivity contribution >= 4 is 38.0 Å². The lowest BCUT2D eigenvalue weighted by Gasteiger charge is -2.35. The first-order valence-corrected chi connectivity index (χ1v) is 15.7. The van der Waals surface area contributed by atoms with E-state index in [9.17, 15) is 18.0 Å². The number of nitrogens with zero attached hydrogens (tertiary/aromatic N) is 5. The van der Waals surface area contributed by atoms with E-state index in [-0.39, 0.29) is 21.5 Å². The van der Waals surface area contributed by atoms with Gasteiger partial charge in [0.15, 0.2) is 5.65 Å². The first kappa shape index (κ1) is 27.4. The van der Waals surface area contributed by atoms with Crippen molar-refractivity contribution in [3.05, 3.63) is 57.9 Å². The van der Waals surface area contributed by atoms with Gasteiger partial charge in [0, 0.05) is 38.4 Å². The van der Waals surface area contributed by atoms with Gasteiger partial charge in [-0.1, -0.05) is 30.5 Å². The molecule has 0 atom stereocenters. The van der Waals surface area contributed by atoms with Gasteiger partial charge >= 0.3 is 0 Å². The van der Waals surface area contributed by atoms with Crippen LogP contribution in [0.3, 0.4) is 0 Å². The number of hydrogen-bond acceptors (Lipinski definition) is 8. The monoisotopic (exact) mass is 577 g/mol. The Labute approximate surface area is 238 Å². The van der Waals surface area contributed by atoms with Crippen molar-refractivity contribution < 1.29 is 13.2 Å². The first-order valence-electron chi connectivity index (χ1n) is 14.2. The van der Waals surface area contributed by atoms with Crippen molar-refractivity contribution in [1.82, 2.24) is 30.0 Å². The third kappa shape index (κ3) is 5.33. The van der Waals surface area contributed by atoms with Crippen molar-refractivity contribution in [2.75, 3.05) is 44.2 Å². The molecule has 1 aliphatic carbocycles. The molecule has 1 amide bonds. The van der Waals surface area contributed by atoms with E-state index in [0.29, 0.717) is 28.9 Å². The van der Waals surface area contributed by atoms with Gasteiger partial charge in [0.1, 0.15) is 0 Å². The second kappa shape index (κ2) is 10.9. The Balaban J connectivity index is 1.22. The van der Waals surface area contributed by atoms with Gasteiger partial charge in [0.2, 0.25) is 20.8 Å².